The van der Waals surface area contributed by atoms with Crippen LogP contribution in [0.25, 0.3) is 17.2 Å². The van der Waals surface area contributed by atoms with Crippen molar-refractivity contribution in [3.63, 3.8) is 0 Å². The first-order chi connectivity index (χ1) is 15.0. The van der Waals surface area contributed by atoms with Crippen molar-refractivity contribution in [1.29, 1.82) is 0 Å². The zero-order valence-corrected chi connectivity index (χ0v) is 18.5. The van der Waals surface area contributed by atoms with E-state index in [-0.39, 0.29) is 17.1 Å². The number of hydrogen-bond donors (Lipinski definition) is 1. The average Bonchev–Trinajstić information content (AvgIpc) is 2.78. The summed E-state index contributed by atoms with van der Waals surface area (Å²) in [7, 11) is 0. The van der Waals surface area contributed by atoms with Crippen LogP contribution in [0.4, 0.5) is 5.69 Å². The molecule has 2 heterocycles. The Bertz CT molecular complexity index is 1190. The summed E-state index contributed by atoms with van der Waals surface area (Å²) in [6.07, 6.45) is 4.59. The predicted octanol–water partition coefficient (Wildman–Crippen LogP) is 7.07. The van der Waals surface area contributed by atoms with Gasteiger partial charge in [-0.1, -0.05) is 68.4 Å². The third-order valence-electron chi connectivity index (χ3n) is 7.90. The van der Waals surface area contributed by atoms with Gasteiger partial charge >= 0.3 is 0 Å². The first-order valence-electron chi connectivity index (χ1n) is 11.4. The second-order valence-electron chi connectivity index (χ2n) is 10.1. The van der Waals surface area contributed by atoms with Gasteiger partial charge in [0.15, 0.2) is 0 Å². The van der Waals surface area contributed by atoms with Gasteiger partial charge in [-0.05, 0) is 77.6 Å². The monoisotopic (exact) mass is 407 g/mol. The number of anilines is 1. The van der Waals surface area contributed by atoms with Gasteiger partial charge in [0.2, 0.25) is 0 Å². The standard InChI is InChI=1S/C29H29NO/c1-28(2)22-15-16-29(3)24(18-21-11-7-8-12-26(21)31-29)27(22)30-25-14-13-20(17-23(25)28)19-9-5-4-6-10-19/h4-14,17-18,22,27,30H,15-16H2,1-3H3/t22-,27+,29?/m0/s1. The number of ether oxygens (including phenoxy) is 1. The highest BCUT2D eigenvalue weighted by molar-refractivity contribution is 5.73. The summed E-state index contributed by atoms with van der Waals surface area (Å²) < 4.78 is 6.60. The van der Waals surface area contributed by atoms with Crippen LogP contribution in [0.15, 0.2) is 78.4 Å². The highest BCUT2D eigenvalue weighted by Gasteiger charge is 2.52. The van der Waals surface area contributed by atoms with Crippen LogP contribution in [0, 0.1) is 5.92 Å². The number of benzene rings is 3. The number of rotatable bonds is 1. The fraction of sp³-hybridized carbons (Fsp3) is 0.310. The van der Waals surface area contributed by atoms with E-state index in [9.17, 15) is 0 Å². The van der Waals surface area contributed by atoms with Gasteiger partial charge in [-0.3, -0.25) is 0 Å². The lowest BCUT2D eigenvalue weighted by Gasteiger charge is -2.55. The van der Waals surface area contributed by atoms with Crippen LogP contribution >= 0.6 is 0 Å². The van der Waals surface area contributed by atoms with Gasteiger partial charge in [-0.15, -0.1) is 0 Å². The van der Waals surface area contributed by atoms with Crippen molar-refractivity contribution in [2.75, 3.05) is 5.32 Å². The van der Waals surface area contributed by atoms with Gasteiger partial charge in [-0.2, -0.15) is 0 Å². The summed E-state index contributed by atoms with van der Waals surface area (Å²) in [5, 5.41) is 3.94. The summed E-state index contributed by atoms with van der Waals surface area (Å²) in [5.41, 5.74) is 7.69. The van der Waals surface area contributed by atoms with Crippen LogP contribution in [-0.4, -0.2) is 11.6 Å². The van der Waals surface area contributed by atoms with E-state index in [1.807, 2.05) is 0 Å². The Morgan fingerprint density at radius 2 is 1.65 bits per heavy atom. The minimum Gasteiger partial charge on any atom is -0.483 e. The Hall–Kier alpha value is -3.00. The second-order valence-corrected chi connectivity index (χ2v) is 10.1. The molecule has 1 aliphatic carbocycles. The van der Waals surface area contributed by atoms with Gasteiger partial charge in [0, 0.05) is 11.3 Å². The highest BCUT2D eigenvalue weighted by atomic mass is 16.5. The first kappa shape index (κ1) is 18.7. The van der Waals surface area contributed by atoms with E-state index in [2.05, 4.69) is 105 Å². The molecule has 3 aliphatic rings. The molecule has 0 saturated heterocycles. The molecule has 0 aromatic heterocycles. The molecule has 2 aliphatic heterocycles. The molecule has 0 spiro atoms. The van der Waals surface area contributed by atoms with Crippen LogP contribution in [0.5, 0.6) is 5.75 Å². The van der Waals surface area contributed by atoms with E-state index in [1.54, 1.807) is 0 Å². The quantitative estimate of drug-likeness (QED) is 0.466. The predicted molar refractivity (Wildman–Crippen MR) is 128 cm³/mol. The Kier molecular flexibility index (Phi) is 3.93. The van der Waals surface area contributed by atoms with Crippen LogP contribution in [0.1, 0.15) is 44.7 Å². The molecule has 0 radical (unpaired) electrons. The second kappa shape index (κ2) is 6.50. The van der Waals surface area contributed by atoms with Crippen molar-refractivity contribution >= 4 is 11.8 Å². The molecule has 3 aromatic rings. The first-order valence-corrected chi connectivity index (χ1v) is 11.4. The van der Waals surface area contributed by atoms with E-state index in [0.29, 0.717) is 5.92 Å². The summed E-state index contributed by atoms with van der Waals surface area (Å²) in [6, 6.07) is 26.3. The van der Waals surface area contributed by atoms with E-state index in [4.69, 9.17) is 4.74 Å². The third kappa shape index (κ3) is 2.77. The maximum absolute atomic E-state index is 6.60. The van der Waals surface area contributed by atoms with Crippen molar-refractivity contribution < 1.29 is 4.74 Å². The summed E-state index contributed by atoms with van der Waals surface area (Å²) in [6.45, 7) is 7.13. The maximum atomic E-state index is 6.60. The van der Waals surface area contributed by atoms with Crippen LogP contribution in [0.2, 0.25) is 0 Å². The van der Waals surface area contributed by atoms with E-state index >= 15 is 0 Å². The number of para-hydroxylation sites is 1. The van der Waals surface area contributed by atoms with Gasteiger partial charge in [-0.25, -0.2) is 0 Å². The molecule has 1 N–H and O–H groups in total. The van der Waals surface area contributed by atoms with Crippen LogP contribution < -0.4 is 10.1 Å². The Balaban J connectivity index is 1.46. The largest absolute Gasteiger partial charge is 0.483 e. The molecular formula is C29H29NO. The van der Waals surface area contributed by atoms with E-state index in [0.717, 1.165) is 18.6 Å². The van der Waals surface area contributed by atoms with Crippen LogP contribution in [0.3, 0.4) is 0 Å². The van der Waals surface area contributed by atoms with Crippen molar-refractivity contribution in [2.45, 2.75) is 50.7 Å². The normalized spacial score (nSPS) is 27.4. The summed E-state index contributed by atoms with van der Waals surface area (Å²) in [4.78, 5) is 0. The zero-order valence-electron chi connectivity index (χ0n) is 18.5. The summed E-state index contributed by atoms with van der Waals surface area (Å²) in [5.74, 6) is 1.54. The van der Waals surface area contributed by atoms with Gasteiger partial charge in [0.25, 0.3) is 0 Å². The van der Waals surface area contributed by atoms with Crippen LogP contribution in [-0.2, 0) is 5.41 Å². The molecule has 3 atom stereocenters. The number of fused-ring (bicyclic) bond motifs is 5. The molecule has 0 amide bonds. The van der Waals surface area contributed by atoms with E-state index in [1.165, 1.54) is 33.5 Å². The van der Waals surface area contributed by atoms with Crippen molar-refractivity contribution in [3.05, 3.63) is 89.5 Å². The third-order valence-corrected chi connectivity index (χ3v) is 7.90. The molecule has 1 unspecified atom stereocenters. The number of nitrogens with one attached hydrogen (secondary N) is 1. The lowest BCUT2D eigenvalue weighted by Crippen LogP contribution is -2.57. The molecule has 156 valence electrons. The lowest BCUT2D eigenvalue weighted by atomic mass is 9.58. The molecule has 3 aromatic carbocycles. The fourth-order valence-corrected chi connectivity index (χ4v) is 6.08. The molecular weight excluding hydrogens is 378 g/mol. The molecule has 2 nitrogen and oxygen atoms in total. The van der Waals surface area contributed by atoms with Gasteiger partial charge < -0.3 is 10.1 Å². The Morgan fingerprint density at radius 1 is 0.871 bits per heavy atom. The minimum atomic E-state index is -0.236. The smallest absolute Gasteiger partial charge is 0.130 e. The molecule has 1 saturated carbocycles. The highest BCUT2D eigenvalue weighted by Crippen LogP contribution is 2.54. The van der Waals surface area contributed by atoms with Gasteiger partial charge in [0.05, 0.1) is 6.04 Å². The van der Waals surface area contributed by atoms with Crippen molar-refractivity contribution in [2.24, 2.45) is 5.92 Å². The number of hydrogen-bond acceptors (Lipinski definition) is 2. The Labute approximate surface area is 185 Å². The zero-order chi connectivity index (χ0) is 21.2. The average molecular weight is 408 g/mol. The molecule has 1 fully saturated rings. The summed E-state index contributed by atoms with van der Waals surface area (Å²) >= 11 is 0. The van der Waals surface area contributed by atoms with Crippen molar-refractivity contribution in [3.8, 4) is 16.9 Å². The minimum absolute atomic E-state index is 0.0785. The molecule has 6 rings (SSSR count). The fourth-order valence-electron chi connectivity index (χ4n) is 6.08. The van der Waals surface area contributed by atoms with Crippen molar-refractivity contribution in [1.82, 2.24) is 0 Å². The molecule has 0 bridgehead atoms. The van der Waals surface area contributed by atoms with E-state index < -0.39 is 0 Å². The SMILES string of the molecule is CC12CC[C@H]3[C@@H](Nc4ccc(-c5ccccc5)cc4C3(C)C)C1=Cc1ccccc1O2. The molecule has 2 heteroatoms. The Morgan fingerprint density at radius 3 is 2.48 bits per heavy atom. The van der Waals surface area contributed by atoms with Gasteiger partial charge in [0.1, 0.15) is 11.4 Å². The maximum Gasteiger partial charge on any atom is 0.130 e. The topological polar surface area (TPSA) is 21.3 Å². The molecule has 31 heavy (non-hydrogen) atoms. The lowest BCUT2D eigenvalue weighted by molar-refractivity contribution is 0.0604.